The molecule has 0 radical (unpaired) electrons. The van der Waals surface area contributed by atoms with Gasteiger partial charge in [-0.2, -0.15) is 13.2 Å². The van der Waals surface area contributed by atoms with Crippen molar-refractivity contribution in [2.24, 2.45) is 0 Å². The number of hydrogen-bond donors (Lipinski definition) is 1. The van der Waals surface area contributed by atoms with Crippen LogP contribution < -0.4 is 5.32 Å². The molecule has 1 aromatic carbocycles. The second kappa shape index (κ2) is 6.26. The standard InChI is InChI=1S/C11H13BrF3NO/c1-2-17-6-5-16-8-3-4-10(12)9(7-8)11(13,14)15/h3-4,7,16H,2,5-6H2,1H3. The highest BCUT2D eigenvalue weighted by Gasteiger charge is 2.33. The number of alkyl halides is 3. The minimum atomic E-state index is -4.35. The first-order valence-electron chi connectivity index (χ1n) is 5.13. The highest BCUT2D eigenvalue weighted by atomic mass is 79.9. The van der Waals surface area contributed by atoms with Crippen molar-refractivity contribution in [3.05, 3.63) is 28.2 Å². The number of benzene rings is 1. The van der Waals surface area contributed by atoms with E-state index in [9.17, 15) is 13.2 Å². The van der Waals surface area contributed by atoms with Crippen molar-refractivity contribution in [2.45, 2.75) is 13.1 Å². The molecular formula is C11H13BrF3NO. The Hall–Kier alpha value is -0.750. The second-order valence-electron chi connectivity index (χ2n) is 3.32. The van der Waals surface area contributed by atoms with Gasteiger partial charge in [-0.3, -0.25) is 0 Å². The van der Waals surface area contributed by atoms with Gasteiger partial charge in [-0.1, -0.05) is 15.9 Å². The summed E-state index contributed by atoms with van der Waals surface area (Å²) in [5.41, 5.74) is -0.251. The van der Waals surface area contributed by atoms with E-state index in [1.807, 2.05) is 6.92 Å². The summed E-state index contributed by atoms with van der Waals surface area (Å²) in [5, 5.41) is 2.87. The minimum absolute atomic E-state index is 0.0420. The molecule has 0 aromatic heterocycles. The fraction of sp³-hybridized carbons (Fsp3) is 0.455. The lowest BCUT2D eigenvalue weighted by molar-refractivity contribution is -0.138. The van der Waals surface area contributed by atoms with Gasteiger partial charge in [0.1, 0.15) is 0 Å². The van der Waals surface area contributed by atoms with E-state index in [1.54, 1.807) is 6.07 Å². The number of ether oxygens (including phenoxy) is 1. The molecule has 0 aliphatic rings. The molecule has 0 aliphatic heterocycles. The number of anilines is 1. The van der Waals surface area contributed by atoms with Crippen LogP contribution in [0, 0.1) is 0 Å². The molecule has 1 rings (SSSR count). The molecule has 1 N–H and O–H groups in total. The van der Waals surface area contributed by atoms with E-state index >= 15 is 0 Å². The molecule has 1 aromatic rings. The third kappa shape index (κ3) is 4.55. The Morgan fingerprint density at radius 3 is 2.65 bits per heavy atom. The number of halogens is 4. The van der Waals surface area contributed by atoms with Gasteiger partial charge in [0.2, 0.25) is 0 Å². The average molecular weight is 312 g/mol. The maximum Gasteiger partial charge on any atom is 0.417 e. The Balaban J connectivity index is 2.69. The molecule has 6 heteroatoms. The minimum Gasteiger partial charge on any atom is -0.383 e. The average Bonchev–Trinajstić information content (AvgIpc) is 2.25. The van der Waals surface area contributed by atoms with Crippen molar-refractivity contribution in [1.82, 2.24) is 0 Å². The molecular weight excluding hydrogens is 299 g/mol. The lowest BCUT2D eigenvalue weighted by Gasteiger charge is -2.12. The lowest BCUT2D eigenvalue weighted by atomic mass is 10.2. The Kier molecular flexibility index (Phi) is 5.27. The van der Waals surface area contributed by atoms with Gasteiger partial charge in [0, 0.05) is 23.3 Å². The third-order valence-corrected chi connectivity index (χ3v) is 2.74. The molecule has 0 fully saturated rings. The van der Waals surface area contributed by atoms with Crippen LogP contribution in [0.25, 0.3) is 0 Å². The van der Waals surface area contributed by atoms with Crippen molar-refractivity contribution >= 4 is 21.6 Å². The van der Waals surface area contributed by atoms with Crippen molar-refractivity contribution < 1.29 is 17.9 Å². The number of nitrogens with one attached hydrogen (secondary N) is 1. The molecule has 0 atom stereocenters. The van der Waals surface area contributed by atoms with E-state index in [4.69, 9.17) is 4.74 Å². The predicted octanol–water partition coefficient (Wildman–Crippen LogP) is 3.92. The highest BCUT2D eigenvalue weighted by Crippen LogP contribution is 2.36. The second-order valence-corrected chi connectivity index (χ2v) is 4.17. The number of rotatable bonds is 5. The first kappa shape index (κ1) is 14.3. The summed E-state index contributed by atoms with van der Waals surface area (Å²) in [7, 11) is 0. The van der Waals surface area contributed by atoms with Crippen LogP contribution in [0.4, 0.5) is 18.9 Å². The molecule has 2 nitrogen and oxygen atoms in total. The zero-order chi connectivity index (χ0) is 12.9. The summed E-state index contributed by atoms with van der Waals surface area (Å²) in [6.45, 7) is 3.40. The zero-order valence-electron chi connectivity index (χ0n) is 9.27. The molecule has 0 bridgehead atoms. The smallest absolute Gasteiger partial charge is 0.383 e. The summed E-state index contributed by atoms with van der Waals surface area (Å²) in [6.07, 6.45) is -4.35. The summed E-state index contributed by atoms with van der Waals surface area (Å²) >= 11 is 2.89. The van der Waals surface area contributed by atoms with Crippen LogP contribution in [-0.4, -0.2) is 19.8 Å². The molecule has 0 spiro atoms. The molecule has 0 aliphatic carbocycles. The van der Waals surface area contributed by atoms with Crippen molar-refractivity contribution in [3.8, 4) is 0 Å². The van der Waals surface area contributed by atoms with Crippen LogP contribution in [-0.2, 0) is 10.9 Å². The number of hydrogen-bond acceptors (Lipinski definition) is 2. The Morgan fingerprint density at radius 1 is 1.35 bits per heavy atom. The van der Waals surface area contributed by atoms with Crippen LogP contribution in [0.2, 0.25) is 0 Å². The molecule has 0 heterocycles. The monoisotopic (exact) mass is 311 g/mol. The van der Waals surface area contributed by atoms with Gasteiger partial charge in [-0.15, -0.1) is 0 Å². The maximum atomic E-state index is 12.6. The summed E-state index contributed by atoms with van der Waals surface area (Å²) in [5.74, 6) is 0. The lowest BCUT2D eigenvalue weighted by Crippen LogP contribution is -2.11. The highest BCUT2D eigenvalue weighted by molar-refractivity contribution is 9.10. The van der Waals surface area contributed by atoms with Gasteiger partial charge in [-0.05, 0) is 25.1 Å². The van der Waals surface area contributed by atoms with Crippen LogP contribution in [0.15, 0.2) is 22.7 Å². The topological polar surface area (TPSA) is 21.3 Å². The Bertz CT molecular complexity index is 368. The van der Waals surface area contributed by atoms with E-state index in [-0.39, 0.29) is 4.47 Å². The van der Waals surface area contributed by atoms with Crippen molar-refractivity contribution in [3.63, 3.8) is 0 Å². The van der Waals surface area contributed by atoms with E-state index in [2.05, 4.69) is 21.2 Å². The summed E-state index contributed by atoms with van der Waals surface area (Å²) in [4.78, 5) is 0. The van der Waals surface area contributed by atoms with Gasteiger partial charge >= 0.3 is 6.18 Å². The van der Waals surface area contributed by atoms with Gasteiger partial charge in [0.25, 0.3) is 0 Å². The quantitative estimate of drug-likeness (QED) is 0.832. The normalized spacial score (nSPS) is 11.6. The first-order chi connectivity index (χ1) is 7.95. The van der Waals surface area contributed by atoms with Gasteiger partial charge in [0.05, 0.1) is 12.2 Å². The molecule has 0 saturated carbocycles. The molecule has 0 unspecified atom stereocenters. The molecule has 0 amide bonds. The van der Waals surface area contributed by atoms with E-state index in [0.717, 1.165) is 6.07 Å². The fourth-order valence-corrected chi connectivity index (χ4v) is 1.74. The largest absolute Gasteiger partial charge is 0.417 e. The third-order valence-electron chi connectivity index (χ3n) is 2.05. The van der Waals surface area contributed by atoms with Crippen LogP contribution >= 0.6 is 15.9 Å². The van der Waals surface area contributed by atoms with Crippen LogP contribution in [0.1, 0.15) is 12.5 Å². The first-order valence-corrected chi connectivity index (χ1v) is 5.92. The Labute approximate surface area is 106 Å². The summed E-state index contributed by atoms with van der Waals surface area (Å²) in [6, 6.07) is 4.05. The summed E-state index contributed by atoms with van der Waals surface area (Å²) < 4.78 is 42.9. The maximum absolute atomic E-state index is 12.6. The van der Waals surface area contributed by atoms with Gasteiger partial charge in [0.15, 0.2) is 0 Å². The van der Waals surface area contributed by atoms with Gasteiger partial charge < -0.3 is 10.1 Å². The zero-order valence-corrected chi connectivity index (χ0v) is 10.9. The molecule has 17 heavy (non-hydrogen) atoms. The van der Waals surface area contributed by atoms with E-state index < -0.39 is 11.7 Å². The van der Waals surface area contributed by atoms with Crippen LogP contribution in [0.3, 0.4) is 0 Å². The molecule has 0 saturated heterocycles. The predicted molar refractivity (Wildman–Crippen MR) is 64.1 cm³/mol. The fourth-order valence-electron chi connectivity index (χ4n) is 1.26. The van der Waals surface area contributed by atoms with Gasteiger partial charge in [-0.25, -0.2) is 0 Å². The SMILES string of the molecule is CCOCCNc1ccc(Br)c(C(F)(F)F)c1. The Morgan fingerprint density at radius 2 is 2.06 bits per heavy atom. The van der Waals surface area contributed by atoms with Crippen molar-refractivity contribution in [2.75, 3.05) is 25.1 Å². The van der Waals surface area contributed by atoms with E-state index in [1.165, 1.54) is 6.07 Å². The molecule has 96 valence electrons. The van der Waals surface area contributed by atoms with Crippen molar-refractivity contribution in [1.29, 1.82) is 0 Å². The van der Waals surface area contributed by atoms with E-state index in [0.29, 0.717) is 25.4 Å². The van der Waals surface area contributed by atoms with Crippen LogP contribution in [0.5, 0.6) is 0 Å².